The SMILES string of the molecule is CCCCCC1CCC(c2ccc(C3CCC(OC(F)(F)c4cc(F)c(OCc5cc(F)c(F)c(F)c5)c(F)c4)CC3)cc2)CC1. The molecule has 0 spiro atoms. The van der Waals surface area contributed by atoms with Gasteiger partial charge in [0.25, 0.3) is 0 Å². The number of ether oxygens (including phenoxy) is 2. The van der Waals surface area contributed by atoms with Crippen LogP contribution in [0.2, 0.25) is 0 Å². The van der Waals surface area contributed by atoms with Crippen LogP contribution in [0.25, 0.3) is 0 Å². The lowest BCUT2D eigenvalue weighted by Crippen LogP contribution is -2.29. The van der Waals surface area contributed by atoms with E-state index in [1.54, 1.807) is 0 Å². The van der Waals surface area contributed by atoms with Crippen LogP contribution in [0.5, 0.6) is 5.75 Å². The van der Waals surface area contributed by atoms with Gasteiger partial charge in [-0.2, -0.15) is 8.78 Å². The smallest absolute Gasteiger partial charge is 0.383 e. The molecule has 0 saturated heterocycles. The van der Waals surface area contributed by atoms with E-state index in [1.807, 2.05) is 0 Å². The molecule has 5 rings (SSSR count). The van der Waals surface area contributed by atoms with E-state index in [-0.39, 0.29) is 11.5 Å². The Morgan fingerprint density at radius 2 is 1.20 bits per heavy atom. The molecule has 0 bridgehead atoms. The van der Waals surface area contributed by atoms with Gasteiger partial charge in [-0.25, -0.2) is 22.0 Å². The van der Waals surface area contributed by atoms with Gasteiger partial charge < -0.3 is 9.47 Å². The summed E-state index contributed by atoms with van der Waals surface area (Å²) in [6, 6.07) is 10.8. The maximum Gasteiger partial charge on any atom is 0.383 e. The van der Waals surface area contributed by atoms with Gasteiger partial charge in [-0.05, 0) is 110 Å². The van der Waals surface area contributed by atoms with Gasteiger partial charge in [0, 0.05) is 0 Å². The standard InChI is InChI=1S/C37H41F7O2/c1-2-3-4-5-23-6-8-25(9-7-23)26-10-12-27(13-11-26)28-14-16-30(17-15-28)46-37(43,44)29-20-33(40)36(34(41)21-29)45-22-24-18-31(38)35(42)32(39)19-24/h10-13,18-21,23,25,28,30H,2-9,14-17,22H2,1H3. The van der Waals surface area contributed by atoms with Crippen molar-refractivity contribution >= 4 is 0 Å². The van der Waals surface area contributed by atoms with Crippen LogP contribution in [0.1, 0.15) is 118 Å². The highest BCUT2D eigenvalue weighted by Crippen LogP contribution is 2.42. The van der Waals surface area contributed by atoms with Crippen molar-refractivity contribution in [1.82, 2.24) is 0 Å². The van der Waals surface area contributed by atoms with Crippen LogP contribution in [0.3, 0.4) is 0 Å². The van der Waals surface area contributed by atoms with Crippen LogP contribution in [-0.2, 0) is 17.5 Å². The van der Waals surface area contributed by atoms with Crippen LogP contribution in [0, 0.1) is 35.0 Å². The molecule has 0 amide bonds. The monoisotopic (exact) mass is 650 g/mol. The Morgan fingerprint density at radius 3 is 1.72 bits per heavy atom. The first kappa shape index (κ1) is 34.3. The second-order valence-electron chi connectivity index (χ2n) is 12.9. The van der Waals surface area contributed by atoms with Gasteiger partial charge >= 0.3 is 6.11 Å². The zero-order valence-corrected chi connectivity index (χ0v) is 26.1. The summed E-state index contributed by atoms with van der Waals surface area (Å²) >= 11 is 0. The number of alkyl halides is 2. The molecule has 2 aliphatic rings. The molecular weight excluding hydrogens is 609 g/mol. The lowest BCUT2D eigenvalue weighted by atomic mass is 9.76. The van der Waals surface area contributed by atoms with Crippen molar-refractivity contribution in [2.75, 3.05) is 0 Å². The molecule has 46 heavy (non-hydrogen) atoms. The van der Waals surface area contributed by atoms with Gasteiger partial charge in [0.2, 0.25) is 0 Å². The topological polar surface area (TPSA) is 18.5 Å². The molecule has 0 radical (unpaired) electrons. The molecule has 250 valence electrons. The Kier molecular flexibility index (Phi) is 11.3. The van der Waals surface area contributed by atoms with E-state index < -0.39 is 59.2 Å². The first-order valence-electron chi connectivity index (χ1n) is 16.4. The van der Waals surface area contributed by atoms with Gasteiger partial charge in [0.1, 0.15) is 6.61 Å². The minimum atomic E-state index is -3.96. The van der Waals surface area contributed by atoms with E-state index in [1.165, 1.54) is 62.5 Å². The predicted molar refractivity (Wildman–Crippen MR) is 162 cm³/mol. The second kappa shape index (κ2) is 15.2. The molecule has 0 N–H and O–H groups in total. The third-order valence-corrected chi connectivity index (χ3v) is 9.69. The van der Waals surface area contributed by atoms with Gasteiger partial charge in [0.15, 0.2) is 34.8 Å². The second-order valence-corrected chi connectivity index (χ2v) is 12.9. The van der Waals surface area contributed by atoms with Crippen LogP contribution in [0.4, 0.5) is 30.7 Å². The molecular formula is C37H41F7O2. The minimum absolute atomic E-state index is 0.228. The molecule has 0 heterocycles. The number of benzene rings is 3. The van der Waals surface area contributed by atoms with E-state index in [2.05, 4.69) is 31.2 Å². The summed E-state index contributed by atoms with van der Waals surface area (Å²) in [6.45, 7) is 1.52. The summed E-state index contributed by atoms with van der Waals surface area (Å²) in [6.07, 6.45) is 7.63. The number of rotatable bonds is 12. The van der Waals surface area contributed by atoms with E-state index in [0.717, 1.165) is 5.92 Å². The average molecular weight is 651 g/mol. The molecule has 0 unspecified atom stereocenters. The number of hydrogen-bond donors (Lipinski definition) is 0. The molecule has 2 saturated carbocycles. The van der Waals surface area contributed by atoms with E-state index in [4.69, 9.17) is 9.47 Å². The first-order valence-corrected chi connectivity index (χ1v) is 16.4. The summed E-state index contributed by atoms with van der Waals surface area (Å²) < 4.78 is 109. The van der Waals surface area contributed by atoms with Crippen molar-refractivity contribution in [3.63, 3.8) is 0 Å². The highest BCUT2D eigenvalue weighted by Gasteiger charge is 2.39. The summed E-state index contributed by atoms with van der Waals surface area (Å²) in [7, 11) is 0. The van der Waals surface area contributed by atoms with Gasteiger partial charge in [-0.15, -0.1) is 0 Å². The van der Waals surface area contributed by atoms with Gasteiger partial charge in [-0.1, -0.05) is 56.9 Å². The molecule has 2 nitrogen and oxygen atoms in total. The van der Waals surface area contributed by atoms with Crippen LogP contribution in [0.15, 0.2) is 48.5 Å². The molecule has 3 aromatic rings. The Labute approximate surface area is 266 Å². The number of halogens is 7. The predicted octanol–water partition coefficient (Wildman–Crippen LogP) is 11.6. The van der Waals surface area contributed by atoms with Crippen molar-refractivity contribution in [1.29, 1.82) is 0 Å². The Balaban J connectivity index is 1.11. The van der Waals surface area contributed by atoms with Crippen molar-refractivity contribution in [2.24, 2.45) is 5.92 Å². The normalized spacial score (nSPS) is 22.2. The summed E-state index contributed by atoms with van der Waals surface area (Å²) in [5, 5.41) is 0. The molecule has 2 fully saturated rings. The Morgan fingerprint density at radius 1 is 0.674 bits per heavy atom. The quantitative estimate of drug-likeness (QED) is 0.110. The van der Waals surface area contributed by atoms with E-state index >= 15 is 8.78 Å². The van der Waals surface area contributed by atoms with Crippen molar-refractivity contribution in [2.45, 2.75) is 115 Å². The molecule has 9 heteroatoms. The third-order valence-electron chi connectivity index (χ3n) is 9.69. The minimum Gasteiger partial charge on any atom is -0.483 e. The van der Waals surface area contributed by atoms with Crippen molar-refractivity contribution in [3.05, 3.63) is 99.9 Å². The summed E-state index contributed by atoms with van der Waals surface area (Å²) in [5.41, 5.74) is 1.31. The van der Waals surface area contributed by atoms with Gasteiger partial charge in [-0.3, -0.25) is 0 Å². The fourth-order valence-corrected chi connectivity index (χ4v) is 7.01. The van der Waals surface area contributed by atoms with Crippen LogP contribution >= 0.6 is 0 Å². The van der Waals surface area contributed by atoms with Crippen molar-refractivity contribution < 1.29 is 40.2 Å². The van der Waals surface area contributed by atoms with E-state index in [0.29, 0.717) is 55.9 Å². The third kappa shape index (κ3) is 8.44. The lowest BCUT2D eigenvalue weighted by Gasteiger charge is -2.32. The number of hydrogen-bond acceptors (Lipinski definition) is 2. The maximum absolute atomic E-state index is 15.0. The molecule has 2 aliphatic carbocycles. The van der Waals surface area contributed by atoms with E-state index in [9.17, 15) is 22.0 Å². The van der Waals surface area contributed by atoms with Crippen LogP contribution in [-0.4, -0.2) is 6.10 Å². The highest BCUT2D eigenvalue weighted by molar-refractivity contribution is 5.33. The zero-order valence-electron chi connectivity index (χ0n) is 26.1. The van der Waals surface area contributed by atoms with Crippen LogP contribution < -0.4 is 4.74 Å². The molecule has 0 aliphatic heterocycles. The summed E-state index contributed by atoms with van der Waals surface area (Å²) in [5.74, 6) is -6.89. The molecule has 0 aromatic heterocycles. The Hall–Kier alpha value is -3.07. The molecule has 3 aromatic carbocycles. The number of unbranched alkanes of at least 4 members (excludes halogenated alkanes) is 2. The maximum atomic E-state index is 15.0. The first-order chi connectivity index (χ1) is 22.0. The summed E-state index contributed by atoms with van der Waals surface area (Å²) in [4.78, 5) is 0. The fraction of sp³-hybridized carbons (Fsp3) is 0.514. The Bertz CT molecular complexity index is 1400. The van der Waals surface area contributed by atoms with Gasteiger partial charge in [0.05, 0.1) is 11.7 Å². The largest absolute Gasteiger partial charge is 0.483 e. The highest BCUT2D eigenvalue weighted by atomic mass is 19.3. The zero-order chi connectivity index (χ0) is 32.8. The lowest BCUT2D eigenvalue weighted by molar-refractivity contribution is -0.277. The molecule has 0 atom stereocenters. The fourth-order valence-electron chi connectivity index (χ4n) is 7.01. The average Bonchev–Trinajstić information content (AvgIpc) is 3.04. The van der Waals surface area contributed by atoms with Crippen molar-refractivity contribution in [3.8, 4) is 5.75 Å².